The van der Waals surface area contributed by atoms with Crippen LogP contribution < -0.4 is 10.5 Å². The summed E-state index contributed by atoms with van der Waals surface area (Å²) in [5.41, 5.74) is 7.02. The van der Waals surface area contributed by atoms with E-state index in [0.29, 0.717) is 28.0 Å². The van der Waals surface area contributed by atoms with E-state index in [9.17, 15) is 0 Å². The lowest BCUT2D eigenvalue weighted by Gasteiger charge is -2.08. The molecule has 0 saturated heterocycles. The molecule has 0 unspecified atom stereocenters. The molecule has 2 aromatic rings. The second kappa shape index (κ2) is 5.52. The van der Waals surface area contributed by atoms with E-state index < -0.39 is 0 Å². The molecule has 2 rings (SSSR count). The first-order valence-electron chi connectivity index (χ1n) is 5.26. The third-order valence-corrected chi connectivity index (χ3v) is 3.01. The van der Waals surface area contributed by atoms with Gasteiger partial charge in [-0.1, -0.05) is 29.3 Å². The van der Waals surface area contributed by atoms with E-state index in [4.69, 9.17) is 33.7 Å². The molecule has 1 aromatic heterocycles. The van der Waals surface area contributed by atoms with E-state index in [0.717, 1.165) is 5.69 Å². The molecule has 0 saturated carbocycles. The highest BCUT2D eigenvalue weighted by molar-refractivity contribution is 6.42. The molecule has 0 fully saturated rings. The highest BCUT2D eigenvalue weighted by Gasteiger charge is 2.09. The van der Waals surface area contributed by atoms with Crippen LogP contribution in [0.15, 0.2) is 24.3 Å². The van der Waals surface area contributed by atoms with Crippen molar-refractivity contribution >= 4 is 23.2 Å². The van der Waals surface area contributed by atoms with Gasteiger partial charge in [-0.25, -0.2) is 4.98 Å². The molecule has 0 atom stereocenters. The van der Waals surface area contributed by atoms with Gasteiger partial charge in [0.05, 0.1) is 10.7 Å². The van der Waals surface area contributed by atoms with Crippen LogP contribution in [0.3, 0.4) is 0 Å². The fraction of sp³-hybridized carbons (Fsp3) is 0.167. The van der Waals surface area contributed by atoms with E-state index in [1.54, 1.807) is 24.3 Å². The number of aryl methyl sites for hydroxylation is 1. The molecule has 0 amide bonds. The largest absolute Gasteiger partial charge is 0.423 e. The number of ether oxygens (including phenoxy) is 1. The van der Waals surface area contributed by atoms with Gasteiger partial charge in [0.2, 0.25) is 0 Å². The smallest absolute Gasteiger partial charge is 0.322 e. The number of nitrogens with zero attached hydrogens (tertiary/aromatic N) is 2. The predicted molar refractivity (Wildman–Crippen MR) is 71.2 cm³/mol. The van der Waals surface area contributed by atoms with Gasteiger partial charge < -0.3 is 10.5 Å². The van der Waals surface area contributed by atoms with Gasteiger partial charge in [0.25, 0.3) is 0 Å². The van der Waals surface area contributed by atoms with Crippen molar-refractivity contribution in [3.8, 4) is 11.8 Å². The fourth-order valence-electron chi connectivity index (χ4n) is 1.42. The van der Waals surface area contributed by atoms with Gasteiger partial charge in [0, 0.05) is 12.2 Å². The molecule has 2 N–H and O–H groups in total. The van der Waals surface area contributed by atoms with Crippen LogP contribution in [0, 0.1) is 6.92 Å². The van der Waals surface area contributed by atoms with Gasteiger partial charge in [-0.2, -0.15) is 4.98 Å². The summed E-state index contributed by atoms with van der Waals surface area (Å²) in [6, 6.07) is 7.12. The zero-order valence-electron chi connectivity index (χ0n) is 9.65. The first-order valence-corrected chi connectivity index (χ1v) is 6.02. The van der Waals surface area contributed by atoms with Gasteiger partial charge in [0.15, 0.2) is 5.75 Å². The molecular weight excluding hydrogens is 273 g/mol. The zero-order valence-corrected chi connectivity index (χ0v) is 11.2. The summed E-state index contributed by atoms with van der Waals surface area (Å²) >= 11 is 11.9. The maximum absolute atomic E-state index is 6.02. The first-order chi connectivity index (χ1) is 8.60. The second-order valence-corrected chi connectivity index (χ2v) is 4.43. The molecule has 0 aliphatic carbocycles. The molecular formula is C12H11Cl2N3O. The van der Waals surface area contributed by atoms with Crippen LogP contribution in [0.25, 0.3) is 0 Å². The quantitative estimate of drug-likeness (QED) is 0.939. The minimum absolute atomic E-state index is 0.208. The lowest BCUT2D eigenvalue weighted by molar-refractivity contribution is 0.438. The third kappa shape index (κ3) is 2.90. The normalized spacial score (nSPS) is 10.4. The van der Waals surface area contributed by atoms with Crippen LogP contribution >= 0.6 is 23.2 Å². The van der Waals surface area contributed by atoms with Crippen molar-refractivity contribution in [3.63, 3.8) is 0 Å². The number of halogens is 2. The topological polar surface area (TPSA) is 61.0 Å². The molecule has 1 aromatic carbocycles. The van der Waals surface area contributed by atoms with Crippen LogP contribution in [0.4, 0.5) is 0 Å². The predicted octanol–water partition coefficient (Wildman–Crippen LogP) is 3.34. The Morgan fingerprint density at radius 1 is 1.28 bits per heavy atom. The summed E-state index contributed by atoms with van der Waals surface area (Å²) in [6.07, 6.45) is 0. The second-order valence-electron chi connectivity index (χ2n) is 3.64. The van der Waals surface area contributed by atoms with Gasteiger partial charge in [-0.15, -0.1) is 0 Å². The summed E-state index contributed by atoms with van der Waals surface area (Å²) in [5, 5.41) is 0.749. The first kappa shape index (κ1) is 13.1. The summed E-state index contributed by atoms with van der Waals surface area (Å²) in [5.74, 6) is 0.415. The van der Waals surface area contributed by atoms with Gasteiger partial charge in [-0.05, 0) is 25.1 Å². The van der Waals surface area contributed by atoms with E-state index in [2.05, 4.69) is 9.97 Å². The highest BCUT2D eigenvalue weighted by atomic mass is 35.5. The minimum Gasteiger partial charge on any atom is -0.423 e. The molecule has 0 aliphatic heterocycles. The van der Waals surface area contributed by atoms with Crippen LogP contribution in [-0.4, -0.2) is 9.97 Å². The van der Waals surface area contributed by atoms with Crippen molar-refractivity contribution in [2.24, 2.45) is 5.73 Å². The Hall–Kier alpha value is -1.36. The summed E-state index contributed by atoms with van der Waals surface area (Å²) < 4.78 is 5.52. The Kier molecular flexibility index (Phi) is 4.01. The Morgan fingerprint density at radius 3 is 2.78 bits per heavy atom. The Bertz CT molecular complexity index is 575. The summed E-state index contributed by atoms with van der Waals surface area (Å²) in [6.45, 7) is 2.16. The Balaban J connectivity index is 2.34. The Morgan fingerprint density at radius 2 is 2.06 bits per heavy atom. The van der Waals surface area contributed by atoms with Gasteiger partial charge >= 0.3 is 6.01 Å². The molecule has 6 heteroatoms. The number of hydrogen-bond acceptors (Lipinski definition) is 4. The molecule has 4 nitrogen and oxygen atoms in total. The number of nitrogens with two attached hydrogens (primary N) is 1. The van der Waals surface area contributed by atoms with Crippen molar-refractivity contribution in [1.29, 1.82) is 0 Å². The van der Waals surface area contributed by atoms with E-state index in [1.807, 2.05) is 6.92 Å². The molecule has 1 heterocycles. The molecule has 94 valence electrons. The Labute approximate surface area is 115 Å². The van der Waals surface area contributed by atoms with Crippen LogP contribution in [0.1, 0.15) is 11.4 Å². The van der Waals surface area contributed by atoms with Gasteiger partial charge in [-0.3, -0.25) is 0 Å². The summed E-state index contributed by atoms with van der Waals surface area (Å²) in [7, 11) is 0. The average Bonchev–Trinajstić information content (AvgIpc) is 2.34. The standard InChI is InChI=1S/C12H11Cl2N3O/c1-7-5-8(6-15)17-12(16-7)18-10-4-2-3-9(13)11(10)14/h2-5H,6,15H2,1H3. The number of hydrogen-bond donors (Lipinski definition) is 1. The van der Waals surface area contributed by atoms with Crippen molar-refractivity contribution in [2.45, 2.75) is 13.5 Å². The van der Waals surface area contributed by atoms with Crippen LogP contribution in [0.5, 0.6) is 11.8 Å². The molecule has 18 heavy (non-hydrogen) atoms. The molecule has 0 spiro atoms. The van der Waals surface area contributed by atoms with E-state index >= 15 is 0 Å². The maximum Gasteiger partial charge on any atom is 0.322 e. The summed E-state index contributed by atoms with van der Waals surface area (Å²) in [4.78, 5) is 8.32. The number of benzene rings is 1. The highest BCUT2D eigenvalue weighted by Crippen LogP contribution is 2.33. The molecule has 0 aliphatic rings. The van der Waals surface area contributed by atoms with Crippen molar-refractivity contribution in [2.75, 3.05) is 0 Å². The van der Waals surface area contributed by atoms with E-state index in [-0.39, 0.29) is 6.01 Å². The number of rotatable bonds is 3. The maximum atomic E-state index is 6.02. The van der Waals surface area contributed by atoms with E-state index in [1.165, 1.54) is 0 Å². The zero-order chi connectivity index (χ0) is 13.1. The third-order valence-electron chi connectivity index (χ3n) is 2.21. The average molecular weight is 284 g/mol. The molecule has 0 bridgehead atoms. The van der Waals surface area contributed by atoms with Gasteiger partial charge in [0.1, 0.15) is 5.02 Å². The van der Waals surface area contributed by atoms with Crippen molar-refractivity contribution in [1.82, 2.24) is 9.97 Å². The minimum atomic E-state index is 0.208. The van der Waals surface area contributed by atoms with Crippen molar-refractivity contribution in [3.05, 3.63) is 45.7 Å². The lowest BCUT2D eigenvalue weighted by atomic mass is 10.3. The molecule has 0 radical (unpaired) electrons. The van der Waals surface area contributed by atoms with Crippen molar-refractivity contribution < 1.29 is 4.74 Å². The van der Waals surface area contributed by atoms with Crippen LogP contribution in [-0.2, 0) is 6.54 Å². The lowest BCUT2D eigenvalue weighted by Crippen LogP contribution is -2.03. The monoisotopic (exact) mass is 283 g/mol. The fourth-order valence-corrected chi connectivity index (χ4v) is 1.75. The SMILES string of the molecule is Cc1cc(CN)nc(Oc2cccc(Cl)c2Cl)n1. The number of aromatic nitrogens is 2. The van der Waals surface area contributed by atoms with Crippen LogP contribution in [0.2, 0.25) is 10.0 Å².